The second kappa shape index (κ2) is 11.7. The van der Waals surface area contributed by atoms with Gasteiger partial charge < -0.3 is 24.4 Å². The lowest BCUT2D eigenvalue weighted by Gasteiger charge is -2.23. The molecule has 0 aliphatic heterocycles. The first-order chi connectivity index (χ1) is 12.8. The molecule has 7 nitrogen and oxygen atoms in total. The molecule has 0 radical (unpaired) electrons. The minimum atomic E-state index is -0.846. The van der Waals surface area contributed by atoms with Crippen molar-refractivity contribution in [3.8, 4) is 0 Å². The van der Waals surface area contributed by atoms with Crippen molar-refractivity contribution in [2.24, 2.45) is 5.16 Å². The lowest BCUT2D eigenvalue weighted by atomic mass is 10.2. The van der Waals surface area contributed by atoms with E-state index in [-0.39, 0.29) is 18.9 Å². The molecule has 0 aliphatic rings. The molecule has 1 rings (SSSR count). The quantitative estimate of drug-likeness (QED) is 0.169. The molecule has 0 saturated carbocycles. The van der Waals surface area contributed by atoms with Gasteiger partial charge in [-0.25, -0.2) is 4.79 Å². The molecule has 0 bridgehead atoms. The Bertz CT molecular complexity index is 623. The average Bonchev–Trinajstić information content (AvgIpc) is 2.62. The first-order valence-electron chi connectivity index (χ1n) is 8.75. The number of alkyl carbamates (subject to hydrolysis) is 1. The van der Waals surface area contributed by atoms with Crippen molar-refractivity contribution in [1.29, 1.82) is 0 Å². The number of nitrogens with one attached hydrogen (secondary N) is 1. The van der Waals surface area contributed by atoms with Gasteiger partial charge in [0.15, 0.2) is 0 Å². The molecule has 1 atom stereocenters. The van der Waals surface area contributed by atoms with E-state index in [2.05, 4.69) is 17.1 Å². The smallest absolute Gasteiger partial charge is 0.408 e. The molecular weight excluding hydrogens is 348 g/mol. The zero-order valence-corrected chi connectivity index (χ0v) is 16.1. The van der Waals surface area contributed by atoms with Gasteiger partial charge >= 0.3 is 6.09 Å². The molecule has 27 heavy (non-hydrogen) atoms. The third-order valence-corrected chi connectivity index (χ3v) is 3.11. The van der Waals surface area contributed by atoms with Crippen LogP contribution in [0, 0.1) is 0 Å². The summed E-state index contributed by atoms with van der Waals surface area (Å²) in [6, 6.07) is 9.02. The number of amides is 1. The van der Waals surface area contributed by atoms with Crippen molar-refractivity contribution in [2.45, 2.75) is 45.3 Å². The van der Waals surface area contributed by atoms with Crippen LogP contribution in [0.2, 0.25) is 0 Å². The molecule has 148 valence electrons. The number of ether oxygens (including phenoxy) is 2. The Balaban J connectivity index is 2.63. The maximum absolute atomic E-state index is 11.6. The number of hydrogen-bond acceptors (Lipinski definition) is 6. The van der Waals surface area contributed by atoms with Crippen molar-refractivity contribution in [3.05, 3.63) is 48.6 Å². The second-order valence-corrected chi connectivity index (χ2v) is 6.75. The van der Waals surface area contributed by atoms with Gasteiger partial charge in [0.2, 0.25) is 5.90 Å². The van der Waals surface area contributed by atoms with Crippen LogP contribution in [-0.2, 0) is 25.5 Å². The highest BCUT2D eigenvalue weighted by Gasteiger charge is 2.21. The number of hydrogen-bond donors (Lipinski definition) is 1. The molecule has 1 N–H and O–H groups in total. The molecule has 0 heterocycles. The summed E-state index contributed by atoms with van der Waals surface area (Å²) in [5.74, 6) is 0.219. The van der Waals surface area contributed by atoms with Crippen molar-refractivity contribution in [2.75, 3.05) is 13.2 Å². The second-order valence-electron chi connectivity index (χ2n) is 6.75. The predicted octanol–water partition coefficient (Wildman–Crippen LogP) is 3.24. The molecule has 0 aromatic heterocycles. The Morgan fingerprint density at radius 1 is 1.30 bits per heavy atom. The average molecular weight is 376 g/mol. The number of benzene rings is 1. The van der Waals surface area contributed by atoms with E-state index in [9.17, 15) is 9.59 Å². The highest BCUT2D eigenvalue weighted by Crippen LogP contribution is 2.11. The van der Waals surface area contributed by atoms with Crippen LogP contribution in [0.4, 0.5) is 4.79 Å². The normalized spacial score (nSPS) is 12.6. The van der Waals surface area contributed by atoms with Gasteiger partial charge in [-0.2, -0.15) is 0 Å². The lowest BCUT2D eigenvalue weighted by molar-refractivity contribution is -0.109. The van der Waals surface area contributed by atoms with Crippen LogP contribution in [0.25, 0.3) is 0 Å². The molecule has 1 amide bonds. The third-order valence-electron chi connectivity index (χ3n) is 3.11. The van der Waals surface area contributed by atoms with Gasteiger partial charge in [0.1, 0.15) is 25.1 Å². The van der Waals surface area contributed by atoms with E-state index < -0.39 is 17.7 Å². The number of oxime groups is 1. The monoisotopic (exact) mass is 376 g/mol. The van der Waals surface area contributed by atoms with Crippen LogP contribution in [0.3, 0.4) is 0 Å². The summed E-state index contributed by atoms with van der Waals surface area (Å²) in [4.78, 5) is 28.2. The summed E-state index contributed by atoms with van der Waals surface area (Å²) in [7, 11) is 0. The van der Waals surface area contributed by atoms with Crippen LogP contribution >= 0.6 is 0 Å². The SMILES string of the molecule is C=CCOC(=O)N[C@H](C=O)CC(=NOCCc1ccccc1)OC(C)(C)C. The van der Waals surface area contributed by atoms with Crippen LogP contribution in [0.15, 0.2) is 48.1 Å². The van der Waals surface area contributed by atoms with Gasteiger partial charge in [0.05, 0.1) is 12.5 Å². The molecule has 0 fully saturated rings. The fraction of sp³-hybridized carbons (Fsp3) is 0.450. The van der Waals surface area contributed by atoms with Crippen LogP contribution in [0.1, 0.15) is 32.8 Å². The maximum Gasteiger partial charge on any atom is 0.408 e. The van der Waals surface area contributed by atoms with E-state index in [1.807, 2.05) is 51.1 Å². The summed E-state index contributed by atoms with van der Waals surface area (Å²) in [6.07, 6.45) is 2.06. The number of nitrogens with zero attached hydrogens (tertiary/aromatic N) is 1. The third kappa shape index (κ3) is 10.7. The lowest BCUT2D eigenvalue weighted by Crippen LogP contribution is -2.39. The fourth-order valence-electron chi connectivity index (χ4n) is 2.03. The van der Waals surface area contributed by atoms with Crippen LogP contribution in [0.5, 0.6) is 0 Å². The summed E-state index contributed by atoms with van der Waals surface area (Å²) < 4.78 is 10.6. The van der Waals surface area contributed by atoms with Crippen molar-refractivity contribution >= 4 is 18.3 Å². The number of carbonyl (C=O) groups excluding carboxylic acids is 2. The van der Waals surface area contributed by atoms with E-state index in [1.54, 1.807) is 0 Å². The van der Waals surface area contributed by atoms with E-state index in [0.29, 0.717) is 19.3 Å². The fourth-order valence-corrected chi connectivity index (χ4v) is 2.03. The number of aldehydes is 1. The Hall–Kier alpha value is -2.83. The highest BCUT2D eigenvalue weighted by atomic mass is 16.6. The first-order valence-corrected chi connectivity index (χ1v) is 8.75. The Labute approximate surface area is 160 Å². The minimum Gasteiger partial charge on any atom is -0.473 e. The summed E-state index contributed by atoms with van der Waals surface area (Å²) in [5.41, 5.74) is 0.599. The van der Waals surface area contributed by atoms with E-state index in [4.69, 9.17) is 14.3 Å². The molecule has 1 aromatic rings. The standard InChI is InChI=1S/C20H28N2O5/c1-5-12-25-19(24)21-17(15-23)14-18(27-20(2,3)4)22-26-13-11-16-9-7-6-8-10-16/h5-10,15,17H,1,11-14H2,2-4H3,(H,21,24)/t17-/m0/s1. The van der Waals surface area contributed by atoms with Gasteiger partial charge in [0.25, 0.3) is 0 Å². The summed E-state index contributed by atoms with van der Waals surface area (Å²) >= 11 is 0. The topological polar surface area (TPSA) is 86.2 Å². The van der Waals surface area contributed by atoms with Gasteiger partial charge in [-0.05, 0) is 26.3 Å². The molecule has 1 aromatic carbocycles. The first kappa shape index (κ1) is 22.2. The summed E-state index contributed by atoms with van der Waals surface area (Å²) in [6.45, 7) is 9.44. The minimum absolute atomic E-state index is 0.0509. The number of carbonyl (C=O) groups is 2. The Morgan fingerprint density at radius 2 is 2.00 bits per heavy atom. The van der Waals surface area contributed by atoms with E-state index in [0.717, 1.165) is 5.56 Å². The largest absolute Gasteiger partial charge is 0.473 e. The van der Waals surface area contributed by atoms with E-state index >= 15 is 0 Å². The molecular formula is C20H28N2O5. The molecule has 0 aliphatic carbocycles. The van der Waals surface area contributed by atoms with Crippen LogP contribution in [-0.4, -0.2) is 43.1 Å². The molecule has 0 unspecified atom stereocenters. The number of rotatable bonds is 10. The van der Waals surface area contributed by atoms with Crippen molar-refractivity contribution < 1.29 is 23.9 Å². The molecule has 0 saturated heterocycles. The van der Waals surface area contributed by atoms with Crippen molar-refractivity contribution in [1.82, 2.24) is 5.32 Å². The van der Waals surface area contributed by atoms with Gasteiger partial charge in [-0.15, -0.1) is 0 Å². The molecule has 7 heteroatoms. The van der Waals surface area contributed by atoms with Gasteiger partial charge in [-0.3, -0.25) is 0 Å². The predicted molar refractivity (Wildman–Crippen MR) is 104 cm³/mol. The zero-order valence-electron chi connectivity index (χ0n) is 16.1. The van der Waals surface area contributed by atoms with Crippen LogP contribution < -0.4 is 5.32 Å². The highest BCUT2D eigenvalue weighted by molar-refractivity contribution is 5.82. The zero-order chi connectivity index (χ0) is 20.1. The van der Waals surface area contributed by atoms with E-state index in [1.165, 1.54) is 6.08 Å². The summed E-state index contributed by atoms with van der Waals surface area (Å²) in [5, 5.41) is 6.45. The maximum atomic E-state index is 11.6. The van der Waals surface area contributed by atoms with Gasteiger partial charge in [-0.1, -0.05) is 48.1 Å². The van der Waals surface area contributed by atoms with Crippen molar-refractivity contribution in [3.63, 3.8) is 0 Å². The molecule has 0 spiro atoms. The Morgan fingerprint density at radius 3 is 2.59 bits per heavy atom. The van der Waals surface area contributed by atoms with Gasteiger partial charge in [0, 0.05) is 6.42 Å². The Kier molecular flexibility index (Phi) is 9.64.